The molecule has 31 heavy (non-hydrogen) atoms. The van der Waals surface area contributed by atoms with Crippen molar-refractivity contribution in [3.8, 4) is 5.75 Å². The highest BCUT2D eigenvalue weighted by atomic mass is 35.5. The molecule has 7 nitrogen and oxygen atoms in total. The van der Waals surface area contributed by atoms with Crippen molar-refractivity contribution < 1.29 is 17.9 Å². The van der Waals surface area contributed by atoms with Gasteiger partial charge in [0, 0.05) is 28.5 Å². The fraction of sp³-hybridized carbons (Fsp3) is 0.136. The summed E-state index contributed by atoms with van der Waals surface area (Å²) >= 11 is 6.11. The lowest BCUT2D eigenvalue weighted by molar-refractivity contribution is -0.118. The second kappa shape index (κ2) is 9.82. The molecule has 3 aromatic carbocycles. The summed E-state index contributed by atoms with van der Waals surface area (Å²) in [6.07, 6.45) is 0. The molecule has 0 spiro atoms. The molecule has 0 aliphatic heterocycles. The predicted octanol–water partition coefficient (Wildman–Crippen LogP) is 3.93. The molecule has 0 bridgehead atoms. The first-order valence-electron chi connectivity index (χ1n) is 9.35. The number of ether oxygens (including phenoxy) is 1. The zero-order chi connectivity index (χ0) is 22.4. The Labute approximate surface area is 186 Å². The molecule has 0 aromatic heterocycles. The van der Waals surface area contributed by atoms with E-state index in [0.29, 0.717) is 28.7 Å². The van der Waals surface area contributed by atoms with Crippen LogP contribution in [-0.4, -0.2) is 20.9 Å². The minimum absolute atomic E-state index is 0.0319. The maximum absolute atomic E-state index is 12.2. The summed E-state index contributed by atoms with van der Waals surface area (Å²) in [6.45, 7) is 2.16. The molecule has 0 atom stereocenters. The van der Waals surface area contributed by atoms with E-state index in [1.807, 2.05) is 31.2 Å². The van der Waals surface area contributed by atoms with Crippen LogP contribution < -0.4 is 20.5 Å². The van der Waals surface area contributed by atoms with Crippen molar-refractivity contribution >= 4 is 38.9 Å². The highest BCUT2D eigenvalue weighted by molar-refractivity contribution is 7.89. The van der Waals surface area contributed by atoms with Crippen LogP contribution >= 0.6 is 11.6 Å². The fourth-order valence-electron chi connectivity index (χ4n) is 2.76. The number of nitrogens with one attached hydrogen (secondary N) is 2. The normalized spacial score (nSPS) is 11.1. The Balaban J connectivity index is 1.62. The molecule has 1 amide bonds. The Hall–Kier alpha value is -3.07. The van der Waals surface area contributed by atoms with E-state index in [1.165, 1.54) is 12.1 Å². The molecule has 162 valence electrons. The zero-order valence-electron chi connectivity index (χ0n) is 16.8. The third-order valence-electron chi connectivity index (χ3n) is 4.38. The first-order chi connectivity index (χ1) is 14.7. The quantitative estimate of drug-likeness (QED) is 0.472. The van der Waals surface area contributed by atoms with Gasteiger partial charge in [0.05, 0.1) is 4.90 Å². The number of nitrogens with two attached hydrogens (primary N) is 1. The number of primary sulfonamides is 1. The summed E-state index contributed by atoms with van der Waals surface area (Å²) in [4.78, 5) is 12.2. The molecule has 9 heteroatoms. The van der Waals surface area contributed by atoms with Gasteiger partial charge in [-0.2, -0.15) is 0 Å². The van der Waals surface area contributed by atoms with Crippen molar-refractivity contribution in [1.29, 1.82) is 0 Å². The lowest BCUT2D eigenvalue weighted by atomic mass is 10.2. The monoisotopic (exact) mass is 459 g/mol. The zero-order valence-corrected chi connectivity index (χ0v) is 18.3. The third kappa shape index (κ3) is 6.71. The van der Waals surface area contributed by atoms with Crippen LogP contribution in [0.2, 0.25) is 5.02 Å². The lowest BCUT2D eigenvalue weighted by Crippen LogP contribution is -2.20. The number of amides is 1. The molecule has 0 fully saturated rings. The summed E-state index contributed by atoms with van der Waals surface area (Å²) in [5.74, 6) is 0.230. The van der Waals surface area contributed by atoms with Gasteiger partial charge < -0.3 is 15.4 Å². The number of rotatable bonds is 8. The first-order valence-corrected chi connectivity index (χ1v) is 11.3. The molecular formula is C22H22ClN3O4S. The Bertz CT molecular complexity index is 1160. The Morgan fingerprint density at radius 2 is 1.65 bits per heavy atom. The van der Waals surface area contributed by atoms with Crippen LogP contribution in [0.4, 0.5) is 11.4 Å². The number of benzene rings is 3. The summed E-state index contributed by atoms with van der Waals surface area (Å²) in [5, 5.41) is 11.6. The van der Waals surface area contributed by atoms with Crippen molar-refractivity contribution in [3.05, 3.63) is 82.9 Å². The molecule has 0 aliphatic rings. The predicted molar refractivity (Wildman–Crippen MR) is 122 cm³/mol. The minimum atomic E-state index is -3.74. The van der Waals surface area contributed by atoms with E-state index in [0.717, 1.165) is 11.1 Å². The second-order valence-corrected chi connectivity index (χ2v) is 8.88. The standard InChI is InChI=1S/C22H22ClN3O4S/c1-15-2-5-19(6-3-15)26-22(27)14-30-21-11-4-17(23)12-16(21)13-25-18-7-9-20(10-8-18)31(24,28)29/h2-12,25H,13-14H2,1H3,(H,26,27)(H2,24,28,29). The number of carbonyl (C=O) groups excluding carboxylic acids is 1. The van der Waals surface area contributed by atoms with E-state index in [9.17, 15) is 13.2 Å². The summed E-state index contributed by atoms with van der Waals surface area (Å²) < 4.78 is 28.4. The van der Waals surface area contributed by atoms with Gasteiger partial charge in [0.15, 0.2) is 6.61 Å². The van der Waals surface area contributed by atoms with Gasteiger partial charge in [0.25, 0.3) is 5.91 Å². The SMILES string of the molecule is Cc1ccc(NC(=O)COc2ccc(Cl)cc2CNc2ccc(S(N)(=O)=O)cc2)cc1. The molecule has 0 radical (unpaired) electrons. The van der Waals surface area contributed by atoms with Gasteiger partial charge in [0.2, 0.25) is 10.0 Å². The highest BCUT2D eigenvalue weighted by Gasteiger charge is 2.10. The van der Waals surface area contributed by atoms with Crippen molar-refractivity contribution in [1.82, 2.24) is 0 Å². The molecule has 0 unspecified atom stereocenters. The van der Waals surface area contributed by atoms with Crippen LogP contribution in [0.3, 0.4) is 0 Å². The number of hydrogen-bond acceptors (Lipinski definition) is 5. The van der Waals surface area contributed by atoms with Gasteiger partial charge in [0.1, 0.15) is 5.75 Å². The summed E-state index contributed by atoms with van der Waals surface area (Å²) in [6, 6.07) is 18.6. The van der Waals surface area contributed by atoms with Crippen molar-refractivity contribution in [2.45, 2.75) is 18.4 Å². The smallest absolute Gasteiger partial charge is 0.262 e. The van der Waals surface area contributed by atoms with Crippen molar-refractivity contribution in [3.63, 3.8) is 0 Å². The van der Waals surface area contributed by atoms with Gasteiger partial charge >= 0.3 is 0 Å². The Morgan fingerprint density at radius 1 is 1.00 bits per heavy atom. The molecule has 0 saturated heterocycles. The van der Waals surface area contributed by atoms with E-state index >= 15 is 0 Å². The summed E-state index contributed by atoms with van der Waals surface area (Å²) in [7, 11) is -3.74. The topological polar surface area (TPSA) is 111 Å². The van der Waals surface area contributed by atoms with E-state index < -0.39 is 10.0 Å². The second-order valence-electron chi connectivity index (χ2n) is 6.88. The van der Waals surface area contributed by atoms with Crippen LogP contribution in [0.5, 0.6) is 5.75 Å². The third-order valence-corrected chi connectivity index (χ3v) is 5.55. The Morgan fingerprint density at radius 3 is 2.29 bits per heavy atom. The van der Waals surface area contributed by atoms with Gasteiger partial charge in [-0.3, -0.25) is 4.79 Å². The molecule has 3 aromatic rings. The molecular weight excluding hydrogens is 438 g/mol. The molecule has 0 saturated carbocycles. The van der Waals surface area contributed by atoms with E-state index in [1.54, 1.807) is 30.3 Å². The van der Waals surface area contributed by atoms with Gasteiger partial charge in [-0.25, -0.2) is 13.6 Å². The maximum atomic E-state index is 12.2. The first kappa shape index (κ1) is 22.6. The largest absolute Gasteiger partial charge is 0.483 e. The van der Waals surface area contributed by atoms with Gasteiger partial charge in [-0.05, 0) is 61.5 Å². The highest BCUT2D eigenvalue weighted by Crippen LogP contribution is 2.24. The number of carbonyl (C=O) groups is 1. The minimum Gasteiger partial charge on any atom is -0.483 e. The molecule has 0 aliphatic carbocycles. The summed E-state index contributed by atoms with van der Waals surface area (Å²) in [5.41, 5.74) is 3.23. The average molecular weight is 460 g/mol. The Kier molecular flexibility index (Phi) is 7.17. The van der Waals surface area contributed by atoms with Crippen LogP contribution in [0, 0.1) is 6.92 Å². The number of hydrogen-bond donors (Lipinski definition) is 3. The van der Waals surface area contributed by atoms with Gasteiger partial charge in [-0.15, -0.1) is 0 Å². The lowest BCUT2D eigenvalue weighted by Gasteiger charge is -2.14. The van der Waals surface area contributed by atoms with E-state index in [-0.39, 0.29) is 17.4 Å². The maximum Gasteiger partial charge on any atom is 0.262 e. The van der Waals surface area contributed by atoms with E-state index in [4.69, 9.17) is 21.5 Å². The number of halogens is 1. The molecule has 4 N–H and O–H groups in total. The van der Waals surface area contributed by atoms with Crippen LogP contribution in [0.1, 0.15) is 11.1 Å². The number of aryl methyl sites for hydroxylation is 1. The van der Waals surface area contributed by atoms with Gasteiger partial charge in [-0.1, -0.05) is 29.3 Å². The van der Waals surface area contributed by atoms with Crippen LogP contribution in [0.25, 0.3) is 0 Å². The average Bonchev–Trinajstić information content (AvgIpc) is 2.73. The molecule has 3 rings (SSSR count). The van der Waals surface area contributed by atoms with Crippen LogP contribution in [-0.2, 0) is 21.4 Å². The van der Waals surface area contributed by atoms with Crippen molar-refractivity contribution in [2.75, 3.05) is 17.2 Å². The molecule has 0 heterocycles. The van der Waals surface area contributed by atoms with E-state index in [2.05, 4.69) is 10.6 Å². The van der Waals surface area contributed by atoms with Crippen molar-refractivity contribution in [2.24, 2.45) is 5.14 Å². The fourth-order valence-corrected chi connectivity index (χ4v) is 3.47. The number of anilines is 2. The number of sulfonamides is 1. The van der Waals surface area contributed by atoms with Crippen LogP contribution in [0.15, 0.2) is 71.6 Å².